The first kappa shape index (κ1) is 27.4. The van der Waals surface area contributed by atoms with E-state index in [1.807, 2.05) is 38.1 Å². The number of benzene rings is 4. The molecule has 0 spiro atoms. The van der Waals surface area contributed by atoms with Gasteiger partial charge < -0.3 is 9.47 Å². The third-order valence-electron chi connectivity index (χ3n) is 7.02. The highest BCUT2D eigenvalue weighted by Crippen LogP contribution is 2.36. The van der Waals surface area contributed by atoms with E-state index in [-0.39, 0.29) is 29.4 Å². The summed E-state index contributed by atoms with van der Waals surface area (Å²) in [5.41, 5.74) is 0. The smallest absolute Gasteiger partial charge is 0.244 e. The molecule has 1 saturated heterocycles. The van der Waals surface area contributed by atoms with Gasteiger partial charge in [-0.25, -0.2) is 16.8 Å². The zero-order valence-electron chi connectivity index (χ0n) is 22.2. The molecule has 4 aromatic carbocycles. The maximum atomic E-state index is 13.9. The summed E-state index contributed by atoms with van der Waals surface area (Å²) in [5.74, 6) is 1.25. The van der Waals surface area contributed by atoms with Gasteiger partial charge in [0.25, 0.3) is 0 Å². The van der Waals surface area contributed by atoms with Crippen molar-refractivity contribution in [2.24, 2.45) is 0 Å². The van der Waals surface area contributed by atoms with Gasteiger partial charge in [-0.3, -0.25) is 0 Å². The first-order valence-electron chi connectivity index (χ1n) is 13.0. The molecule has 0 aliphatic carbocycles. The highest BCUT2D eigenvalue weighted by molar-refractivity contribution is 7.90. The zero-order valence-corrected chi connectivity index (χ0v) is 23.8. The van der Waals surface area contributed by atoms with Crippen molar-refractivity contribution in [1.82, 2.24) is 8.61 Å². The second-order valence-corrected chi connectivity index (χ2v) is 13.2. The molecule has 0 amide bonds. The van der Waals surface area contributed by atoms with E-state index in [0.717, 1.165) is 10.8 Å². The molecule has 5 rings (SSSR count). The topological polar surface area (TPSA) is 93.2 Å². The fourth-order valence-corrected chi connectivity index (χ4v) is 8.77. The molecule has 0 unspecified atom stereocenters. The Hall–Kier alpha value is -3.18. The minimum Gasteiger partial charge on any atom is -0.493 e. The fourth-order valence-electron chi connectivity index (χ4n) is 5.25. The molecule has 1 fully saturated rings. The SMILES string of the molecule is CCOc1ccc(S(=O)(=O)N2CCN(S(=O)(=O)c3ccc(OCC)c4ccccc34)[C@@H](C)C2)c2ccccc12. The van der Waals surface area contributed by atoms with Crippen LogP contribution in [-0.4, -0.2) is 64.3 Å². The predicted octanol–water partition coefficient (Wildman–Crippen LogP) is 4.87. The minimum absolute atomic E-state index is 0.0397. The van der Waals surface area contributed by atoms with Crippen molar-refractivity contribution in [2.75, 3.05) is 32.8 Å². The molecule has 0 N–H and O–H groups in total. The highest BCUT2D eigenvalue weighted by Gasteiger charge is 2.39. The summed E-state index contributed by atoms with van der Waals surface area (Å²) in [6.45, 7) is 6.56. The number of ether oxygens (including phenoxy) is 2. The van der Waals surface area contributed by atoms with Crippen LogP contribution in [0.1, 0.15) is 20.8 Å². The van der Waals surface area contributed by atoms with Gasteiger partial charge >= 0.3 is 0 Å². The van der Waals surface area contributed by atoms with Crippen LogP contribution in [-0.2, 0) is 20.0 Å². The Kier molecular flexibility index (Phi) is 7.56. The molecule has 0 bridgehead atoms. The lowest BCUT2D eigenvalue weighted by Gasteiger charge is -2.38. The van der Waals surface area contributed by atoms with Crippen LogP contribution in [0.25, 0.3) is 21.5 Å². The summed E-state index contributed by atoms with van der Waals surface area (Å²) in [7, 11) is -7.80. The number of rotatable bonds is 8. The van der Waals surface area contributed by atoms with Gasteiger partial charge in [-0.05, 0) is 45.0 Å². The number of hydrogen-bond acceptors (Lipinski definition) is 6. The second kappa shape index (κ2) is 10.8. The first-order valence-corrected chi connectivity index (χ1v) is 15.9. The van der Waals surface area contributed by atoms with Gasteiger partial charge in [0.2, 0.25) is 20.0 Å². The van der Waals surface area contributed by atoms with Gasteiger partial charge in [0.15, 0.2) is 0 Å². The van der Waals surface area contributed by atoms with Gasteiger partial charge in [0.05, 0.1) is 23.0 Å². The molecular weight excluding hydrogens is 536 g/mol. The molecular formula is C29H32N2O6S2. The lowest BCUT2D eigenvalue weighted by Crippen LogP contribution is -2.55. The van der Waals surface area contributed by atoms with Crippen LogP contribution in [0.15, 0.2) is 82.6 Å². The molecule has 206 valence electrons. The van der Waals surface area contributed by atoms with Gasteiger partial charge in [-0.15, -0.1) is 0 Å². The largest absolute Gasteiger partial charge is 0.493 e. The molecule has 1 heterocycles. The van der Waals surface area contributed by atoms with Gasteiger partial charge in [-0.2, -0.15) is 8.61 Å². The summed E-state index contributed by atoms with van der Waals surface area (Å²) in [6.07, 6.45) is 0. The molecule has 1 aliphatic heterocycles. The Labute approximate surface area is 229 Å². The van der Waals surface area contributed by atoms with Crippen LogP contribution < -0.4 is 9.47 Å². The monoisotopic (exact) mass is 568 g/mol. The third kappa shape index (κ3) is 4.86. The number of sulfonamides is 2. The lowest BCUT2D eigenvalue weighted by molar-refractivity contribution is 0.213. The average molecular weight is 569 g/mol. The van der Waals surface area contributed by atoms with E-state index in [4.69, 9.17) is 9.47 Å². The number of hydrogen-bond donors (Lipinski definition) is 0. The van der Waals surface area contributed by atoms with Crippen molar-refractivity contribution in [3.05, 3.63) is 72.8 Å². The van der Waals surface area contributed by atoms with Crippen LogP contribution in [0.2, 0.25) is 0 Å². The molecule has 0 radical (unpaired) electrons. The van der Waals surface area contributed by atoms with Crippen LogP contribution in [0.4, 0.5) is 0 Å². The second-order valence-electron chi connectivity index (χ2n) is 9.41. The normalized spacial score (nSPS) is 17.5. The maximum Gasteiger partial charge on any atom is 0.244 e. The Morgan fingerprint density at radius 2 is 1.13 bits per heavy atom. The molecule has 39 heavy (non-hydrogen) atoms. The third-order valence-corrected chi connectivity index (χ3v) is 11.0. The molecule has 1 aliphatic rings. The summed E-state index contributed by atoms with van der Waals surface area (Å²) >= 11 is 0. The fraction of sp³-hybridized carbons (Fsp3) is 0.310. The van der Waals surface area contributed by atoms with Gasteiger partial charge in [0, 0.05) is 47.2 Å². The summed E-state index contributed by atoms with van der Waals surface area (Å²) in [5, 5.41) is 2.59. The van der Waals surface area contributed by atoms with E-state index in [1.165, 1.54) is 8.61 Å². The minimum atomic E-state index is -3.91. The quantitative estimate of drug-likeness (QED) is 0.301. The molecule has 0 aromatic heterocycles. The Morgan fingerprint density at radius 3 is 1.59 bits per heavy atom. The van der Waals surface area contributed by atoms with Gasteiger partial charge in [0.1, 0.15) is 11.5 Å². The first-order chi connectivity index (χ1) is 18.7. The van der Waals surface area contributed by atoms with Crippen LogP contribution >= 0.6 is 0 Å². The number of fused-ring (bicyclic) bond motifs is 2. The van der Waals surface area contributed by atoms with Crippen molar-refractivity contribution in [2.45, 2.75) is 36.6 Å². The summed E-state index contributed by atoms with van der Waals surface area (Å²) in [6, 6.07) is 20.4. The number of nitrogens with zero attached hydrogens (tertiary/aromatic N) is 2. The number of piperazine rings is 1. The van der Waals surface area contributed by atoms with Crippen molar-refractivity contribution >= 4 is 41.6 Å². The van der Waals surface area contributed by atoms with E-state index in [2.05, 4.69) is 0 Å². The van der Waals surface area contributed by atoms with E-state index in [9.17, 15) is 16.8 Å². The molecule has 1 atom stereocenters. The Balaban J connectivity index is 1.46. The molecule has 8 nitrogen and oxygen atoms in total. The van der Waals surface area contributed by atoms with Crippen LogP contribution in [0.5, 0.6) is 11.5 Å². The van der Waals surface area contributed by atoms with E-state index in [1.54, 1.807) is 55.5 Å². The zero-order chi connectivity index (χ0) is 27.8. The standard InChI is InChI=1S/C29H32N2O6S2/c1-4-36-26-14-16-28(24-12-8-6-10-22(24)26)38(32,33)30-18-19-31(21(3)20-30)39(34,35)29-17-15-27(37-5-2)23-11-7-9-13-25(23)29/h6-17,21H,4-5,18-20H2,1-3H3/t21-/m0/s1. The summed E-state index contributed by atoms with van der Waals surface area (Å²) in [4.78, 5) is 0.366. The maximum absolute atomic E-state index is 13.9. The molecule has 0 saturated carbocycles. The van der Waals surface area contributed by atoms with E-state index in [0.29, 0.717) is 35.5 Å². The van der Waals surface area contributed by atoms with Crippen molar-refractivity contribution < 1.29 is 26.3 Å². The Bertz CT molecular complexity index is 1740. The van der Waals surface area contributed by atoms with Crippen LogP contribution in [0, 0.1) is 0 Å². The van der Waals surface area contributed by atoms with Crippen LogP contribution in [0.3, 0.4) is 0 Å². The lowest BCUT2D eigenvalue weighted by atomic mass is 10.1. The van der Waals surface area contributed by atoms with Crippen molar-refractivity contribution in [1.29, 1.82) is 0 Å². The van der Waals surface area contributed by atoms with E-state index >= 15 is 0 Å². The van der Waals surface area contributed by atoms with E-state index < -0.39 is 26.1 Å². The van der Waals surface area contributed by atoms with Crippen molar-refractivity contribution in [3.8, 4) is 11.5 Å². The Morgan fingerprint density at radius 1 is 0.667 bits per heavy atom. The van der Waals surface area contributed by atoms with Gasteiger partial charge in [-0.1, -0.05) is 48.5 Å². The highest BCUT2D eigenvalue weighted by atomic mass is 32.2. The average Bonchev–Trinajstić information content (AvgIpc) is 2.93. The van der Waals surface area contributed by atoms with Crippen molar-refractivity contribution in [3.63, 3.8) is 0 Å². The predicted molar refractivity (Wildman–Crippen MR) is 152 cm³/mol. The molecule has 4 aromatic rings. The molecule has 10 heteroatoms. The summed E-state index contributed by atoms with van der Waals surface area (Å²) < 4.78 is 69.6.